The van der Waals surface area contributed by atoms with Crippen molar-refractivity contribution in [1.29, 1.82) is 0 Å². The first-order valence-electron chi connectivity index (χ1n) is 12.6. The van der Waals surface area contributed by atoms with Gasteiger partial charge in [0.2, 0.25) is 10.0 Å². The summed E-state index contributed by atoms with van der Waals surface area (Å²) in [6.07, 6.45) is 0. The number of hydrogen-bond donors (Lipinski definition) is 2. The molecule has 3 aromatic carbocycles. The quantitative estimate of drug-likeness (QED) is 0.197. The predicted molar refractivity (Wildman–Crippen MR) is 164 cm³/mol. The fourth-order valence-corrected chi connectivity index (χ4v) is 4.37. The zero-order valence-electron chi connectivity index (χ0n) is 23.9. The minimum absolute atomic E-state index is 0.116. The maximum Gasteiger partial charge on any atom is 0.290 e. The molecule has 6 nitrogen and oxygen atoms in total. The van der Waals surface area contributed by atoms with E-state index in [-0.39, 0.29) is 18.2 Å². The van der Waals surface area contributed by atoms with Crippen molar-refractivity contribution in [1.82, 2.24) is 4.72 Å². The summed E-state index contributed by atoms with van der Waals surface area (Å²) in [6.45, 7) is 15.8. The molecule has 210 valence electrons. The second-order valence-electron chi connectivity index (χ2n) is 7.88. The third-order valence-electron chi connectivity index (χ3n) is 4.57. The normalized spacial score (nSPS) is 9.63. The molecule has 3 aromatic rings. The largest absolute Gasteiger partial charge is 0.483 e. The van der Waals surface area contributed by atoms with Crippen LogP contribution in [0.25, 0.3) is 11.1 Å². The van der Waals surface area contributed by atoms with E-state index in [0.717, 1.165) is 22.0 Å². The molecule has 2 N–H and O–H groups in total. The summed E-state index contributed by atoms with van der Waals surface area (Å²) in [5, 5.41) is 7.86. The van der Waals surface area contributed by atoms with Crippen LogP contribution in [0.5, 0.6) is 0 Å². The van der Waals surface area contributed by atoms with Crippen LogP contribution in [0.2, 0.25) is 0 Å². The van der Waals surface area contributed by atoms with Crippen LogP contribution in [-0.4, -0.2) is 32.3 Å². The minimum Gasteiger partial charge on any atom is -0.483 e. The molecule has 0 aliphatic rings. The molecular weight excluding hydrogens is 517 g/mol. The van der Waals surface area contributed by atoms with E-state index in [1.54, 1.807) is 19.1 Å². The number of carbonyl (C=O) groups is 2. The summed E-state index contributed by atoms with van der Waals surface area (Å²) in [5.41, 5.74) is 4.08. The topological polar surface area (TPSA) is 101 Å². The summed E-state index contributed by atoms with van der Waals surface area (Å²) in [4.78, 5) is 19.5. The van der Waals surface area contributed by atoms with Crippen LogP contribution >= 0.6 is 9.24 Å². The Bertz CT molecular complexity index is 1160. The van der Waals surface area contributed by atoms with Gasteiger partial charge in [-0.2, -0.15) is 0 Å². The lowest BCUT2D eigenvalue weighted by atomic mass is 10.0. The molecule has 0 saturated carbocycles. The van der Waals surface area contributed by atoms with Gasteiger partial charge in [0.05, 0.1) is 4.90 Å². The maximum absolute atomic E-state index is 12.1. The number of rotatable bonds is 6. The van der Waals surface area contributed by atoms with Gasteiger partial charge in [0.25, 0.3) is 6.47 Å². The number of hydrogen-bond acceptors (Lipinski definition) is 4. The number of carboxylic acid groups (broad SMARTS) is 1. The molecule has 1 unspecified atom stereocenters. The van der Waals surface area contributed by atoms with Crippen molar-refractivity contribution in [2.75, 3.05) is 6.54 Å². The van der Waals surface area contributed by atoms with Gasteiger partial charge in [-0.1, -0.05) is 108 Å². The predicted octanol–water partition coefficient (Wildman–Crippen LogP) is 6.74. The highest BCUT2D eigenvalue weighted by Crippen LogP contribution is 2.21. The Balaban J connectivity index is 0. The Hall–Kier alpha value is -2.86. The van der Waals surface area contributed by atoms with Gasteiger partial charge in [-0.25, -0.2) is 13.1 Å². The molecule has 0 fully saturated rings. The van der Waals surface area contributed by atoms with Gasteiger partial charge < -0.3 is 5.11 Å². The van der Waals surface area contributed by atoms with Crippen LogP contribution in [0.3, 0.4) is 0 Å². The lowest BCUT2D eigenvalue weighted by Crippen LogP contribution is -2.27. The Labute approximate surface area is 232 Å². The van der Waals surface area contributed by atoms with Crippen molar-refractivity contribution in [3.8, 4) is 11.1 Å². The molecule has 8 heteroatoms. The first kappa shape index (κ1) is 37.3. The Morgan fingerprint density at radius 1 is 0.895 bits per heavy atom. The molecule has 0 heterocycles. The molecule has 0 aliphatic carbocycles. The third-order valence-corrected chi connectivity index (χ3v) is 6.51. The lowest BCUT2D eigenvalue weighted by Gasteiger charge is -2.09. The summed E-state index contributed by atoms with van der Waals surface area (Å²) in [7, 11) is -0.877. The Kier molecular flexibility index (Phi) is 20.7. The number of aryl methyl sites for hydroxylation is 1. The third kappa shape index (κ3) is 14.8. The van der Waals surface area contributed by atoms with Crippen molar-refractivity contribution in [2.45, 2.75) is 60.3 Å². The molecule has 0 aromatic heterocycles. The van der Waals surface area contributed by atoms with E-state index < -0.39 is 10.0 Å². The summed E-state index contributed by atoms with van der Waals surface area (Å²) in [6, 6.07) is 22.7. The van der Waals surface area contributed by atoms with E-state index in [0.29, 0.717) is 11.4 Å². The van der Waals surface area contributed by atoms with E-state index in [4.69, 9.17) is 9.90 Å². The van der Waals surface area contributed by atoms with Gasteiger partial charge in [-0.3, -0.25) is 9.59 Å². The van der Waals surface area contributed by atoms with E-state index in [1.807, 2.05) is 109 Å². The van der Waals surface area contributed by atoms with Gasteiger partial charge in [-0.15, -0.1) is 9.24 Å². The average Bonchev–Trinajstić information content (AvgIpc) is 2.91. The molecule has 0 bridgehead atoms. The number of ketones is 1. The van der Waals surface area contributed by atoms with Crippen LogP contribution in [0.4, 0.5) is 0 Å². The number of Topliss-reactive ketones (excluding diaryl/α,β-unsaturated/α-hetero) is 1. The summed E-state index contributed by atoms with van der Waals surface area (Å²) in [5.74, 6) is 0.400. The lowest BCUT2D eigenvalue weighted by molar-refractivity contribution is -0.122. The molecule has 38 heavy (non-hydrogen) atoms. The molecule has 1 atom stereocenters. The van der Waals surface area contributed by atoms with Crippen LogP contribution in [0, 0.1) is 12.8 Å². The first-order chi connectivity index (χ1) is 18.0. The SMILES string of the molecule is CC.CC.CC(=O)c1ccccc1P.Cc1ccc(-c2ccc(S(=O)(=O)NCC(C)C)cc2)cc1.O=CO. The van der Waals surface area contributed by atoms with Crippen LogP contribution in [0.15, 0.2) is 77.7 Å². The highest BCUT2D eigenvalue weighted by molar-refractivity contribution is 7.89. The standard InChI is InChI=1S/C17H21NO2S.C8H9OP.2C2H6.CH2O2/c1-13(2)12-18-21(19,20)17-10-8-16(9-11-17)15-6-4-14(3)5-7-15;1-6(9)7-4-2-3-5-8(7)10;2*1-2;2-1-3/h4-11,13,18H,12H2,1-3H3;2-5H,10H2,1H3;2*1-2H3;1H,(H,2,3). The average molecular weight is 562 g/mol. The van der Waals surface area contributed by atoms with Crippen LogP contribution in [0.1, 0.15) is 64.4 Å². The molecule has 0 saturated heterocycles. The van der Waals surface area contributed by atoms with Crippen LogP contribution in [-0.2, 0) is 14.8 Å². The highest BCUT2D eigenvalue weighted by atomic mass is 32.2. The molecule has 0 spiro atoms. The van der Waals surface area contributed by atoms with Crippen molar-refractivity contribution < 1.29 is 23.1 Å². The number of carbonyl (C=O) groups excluding carboxylic acids is 1. The van der Waals surface area contributed by atoms with Crippen LogP contribution < -0.4 is 10.0 Å². The summed E-state index contributed by atoms with van der Waals surface area (Å²) < 4.78 is 26.8. The van der Waals surface area contributed by atoms with Crippen molar-refractivity contribution in [3.05, 3.63) is 83.9 Å². The van der Waals surface area contributed by atoms with Crippen molar-refractivity contribution >= 4 is 36.8 Å². The Morgan fingerprint density at radius 3 is 1.68 bits per heavy atom. The van der Waals surface area contributed by atoms with Gasteiger partial charge in [0.15, 0.2) is 5.78 Å². The van der Waals surface area contributed by atoms with E-state index in [9.17, 15) is 13.2 Å². The minimum atomic E-state index is -3.41. The fraction of sp³-hybridized carbons (Fsp3) is 0.333. The second-order valence-corrected chi connectivity index (χ2v) is 10.3. The second kappa shape index (κ2) is 21.1. The first-order valence-corrected chi connectivity index (χ1v) is 14.7. The molecular formula is C30H44NO5PS. The van der Waals surface area contributed by atoms with E-state index >= 15 is 0 Å². The monoisotopic (exact) mass is 561 g/mol. The van der Waals surface area contributed by atoms with Crippen molar-refractivity contribution in [2.24, 2.45) is 5.92 Å². The molecule has 0 amide bonds. The van der Waals surface area contributed by atoms with Gasteiger partial charge in [-0.05, 0) is 48.3 Å². The van der Waals surface area contributed by atoms with Gasteiger partial charge in [0.1, 0.15) is 0 Å². The highest BCUT2D eigenvalue weighted by Gasteiger charge is 2.14. The van der Waals surface area contributed by atoms with E-state index in [2.05, 4.69) is 14.0 Å². The fourth-order valence-electron chi connectivity index (χ4n) is 2.75. The zero-order valence-corrected chi connectivity index (χ0v) is 25.8. The van der Waals surface area contributed by atoms with Gasteiger partial charge in [0, 0.05) is 12.1 Å². The van der Waals surface area contributed by atoms with Crippen molar-refractivity contribution in [3.63, 3.8) is 0 Å². The summed E-state index contributed by atoms with van der Waals surface area (Å²) >= 11 is 0. The molecule has 3 rings (SSSR count). The number of benzene rings is 3. The number of nitrogens with one attached hydrogen (secondary N) is 1. The zero-order chi connectivity index (χ0) is 29.7. The van der Waals surface area contributed by atoms with Gasteiger partial charge >= 0.3 is 0 Å². The Morgan fingerprint density at radius 2 is 1.32 bits per heavy atom. The smallest absolute Gasteiger partial charge is 0.290 e. The van der Waals surface area contributed by atoms with E-state index in [1.165, 1.54) is 5.56 Å². The molecule has 0 aliphatic heterocycles. The maximum atomic E-state index is 12.1. The molecule has 0 radical (unpaired) electrons. The number of sulfonamides is 1.